The van der Waals surface area contributed by atoms with Crippen LogP contribution in [0.3, 0.4) is 0 Å². The minimum absolute atomic E-state index is 0.926. The number of hydrogen-bond donors (Lipinski definition) is 1. The number of aromatic nitrogens is 4. The van der Waals surface area contributed by atoms with Gasteiger partial charge in [-0.15, -0.1) is 10.2 Å². The molecule has 5 nitrogen and oxygen atoms in total. The highest BCUT2D eigenvalue weighted by Crippen LogP contribution is 2.33. The van der Waals surface area contributed by atoms with E-state index in [1.54, 1.807) is 29.4 Å². The third-order valence-corrected chi connectivity index (χ3v) is 4.57. The van der Waals surface area contributed by atoms with Crippen LogP contribution in [0.15, 0.2) is 15.7 Å². The van der Waals surface area contributed by atoms with Crippen molar-refractivity contribution in [3.05, 3.63) is 16.9 Å². The fourth-order valence-corrected chi connectivity index (χ4v) is 3.61. The van der Waals surface area contributed by atoms with Gasteiger partial charge in [-0.3, -0.25) is 0 Å². The number of hydrogen-bond acceptors (Lipinski definition) is 7. The molecule has 0 spiro atoms. The molecule has 2 rings (SSSR count). The van der Waals surface area contributed by atoms with Crippen LogP contribution in [0.2, 0.25) is 0 Å². The first-order chi connectivity index (χ1) is 9.74. The largest absolute Gasteiger partial charge is 0.370 e. The Hall–Kier alpha value is -1.21. The highest BCUT2D eigenvalue weighted by Gasteiger charge is 2.13. The normalized spacial score (nSPS) is 10.8. The van der Waals surface area contributed by atoms with Gasteiger partial charge >= 0.3 is 0 Å². The fraction of sp³-hybridized carbons (Fsp3) is 0.538. The van der Waals surface area contributed by atoms with Crippen molar-refractivity contribution in [3.8, 4) is 0 Å². The number of rotatable bonds is 7. The lowest BCUT2D eigenvalue weighted by Gasteiger charge is -2.12. The summed E-state index contributed by atoms with van der Waals surface area (Å²) in [6, 6.07) is 0. The van der Waals surface area contributed by atoms with E-state index in [9.17, 15) is 0 Å². The summed E-state index contributed by atoms with van der Waals surface area (Å²) in [5, 5.41) is 13.5. The van der Waals surface area contributed by atoms with Crippen LogP contribution in [0.4, 0.5) is 5.82 Å². The Morgan fingerprint density at radius 2 is 2.05 bits per heavy atom. The maximum atomic E-state index is 4.42. The molecule has 2 aromatic rings. The van der Waals surface area contributed by atoms with E-state index in [-0.39, 0.29) is 0 Å². The van der Waals surface area contributed by atoms with E-state index in [0.717, 1.165) is 46.0 Å². The molecule has 0 aromatic carbocycles. The minimum Gasteiger partial charge on any atom is -0.370 e. The molecule has 0 aliphatic rings. The second kappa shape index (κ2) is 7.54. The molecule has 0 atom stereocenters. The highest BCUT2D eigenvalue weighted by atomic mass is 32.2. The van der Waals surface area contributed by atoms with Gasteiger partial charge in [-0.2, -0.15) is 0 Å². The predicted octanol–water partition coefficient (Wildman–Crippen LogP) is 3.56. The van der Waals surface area contributed by atoms with Crippen LogP contribution < -0.4 is 5.32 Å². The van der Waals surface area contributed by atoms with Gasteiger partial charge in [0.1, 0.15) is 22.2 Å². The van der Waals surface area contributed by atoms with Gasteiger partial charge in [-0.1, -0.05) is 31.6 Å². The van der Waals surface area contributed by atoms with E-state index in [1.807, 2.05) is 6.92 Å². The lowest BCUT2D eigenvalue weighted by molar-refractivity contribution is 0.848. The smallest absolute Gasteiger partial charge is 0.180 e. The molecule has 0 aliphatic carbocycles. The molecule has 1 N–H and O–H groups in total. The van der Waals surface area contributed by atoms with E-state index in [4.69, 9.17) is 0 Å². The van der Waals surface area contributed by atoms with Crippen molar-refractivity contribution < 1.29 is 0 Å². The first-order valence-electron chi connectivity index (χ1n) is 6.80. The number of nitrogens with one attached hydrogen (secondary N) is 1. The van der Waals surface area contributed by atoms with Crippen molar-refractivity contribution in [2.24, 2.45) is 0 Å². The molecule has 2 heterocycles. The Kier molecular flexibility index (Phi) is 5.72. The van der Waals surface area contributed by atoms with E-state index < -0.39 is 0 Å². The molecular weight excluding hydrogens is 290 g/mol. The molecule has 2 aromatic heterocycles. The molecule has 0 unspecified atom stereocenters. The van der Waals surface area contributed by atoms with E-state index in [1.165, 1.54) is 5.56 Å². The molecule has 0 amide bonds. The van der Waals surface area contributed by atoms with Crippen molar-refractivity contribution in [1.82, 2.24) is 20.2 Å². The van der Waals surface area contributed by atoms with Crippen LogP contribution >= 0.6 is 23.1 Å². The summed E-state index contributed by atoms with van der Waals surface area (Å²) in [6.07, 6.45) is 4.73. The predicted molar refractivity (Wildman–Crippen MR) is 83.6 cm³/mol. The SMILES string of the molecule is CCCNc1ncnc(Sc2nnc(C)s2)c1CCC. The minimum atomic E-state index is 0.926. The van der Waals surface area contributed by atoms with Crippen molar-refractivity contribution in [1.29, 1.82) is 0 Å². The lowest BCUT2D eigenvalue weighted by Crippen LogP contribution is -2.07. The van der Waals surface area contributed by atoms with Crippen LogP contribution in [0.1, 0.15) is 37.3 Å². The Bertz CT molecular complexity index is 555. The van der Waals surface area contributed by atoms with Crippen LogP contribution in [0, 0.1) is 6.92 Å². The van der Waals surface area contributed by atoms with Gasteiger partial charge in [0.05, 0.1) is 0 Å². The van der Waals surface area contributed by atoms with Gasteiger partial charge in [0.2, 0.25) is 0 Å². The fourth-order valence-electron chi connectivity index (χ4n) is 1.76. The van der Waals surface area contributed by atoms with Crippen LogP contribution in [-0.2, 0) is 6.42 Å². The van der Waals surface area contributed by atoms with Crippen molar-refractivity contribution in [3.63, 3.8) is 0 Å². The summed E-state index contributed by atoms with van der Waals surface area (Å²) in [7, 11) is 0. The third kappa shape index (κ3) is 3.89. The van der Waals surface area contributed by atoms with Gasteiger partial charge in [-0.05, 0) is 31.5 Å². The molecule has 108 valence electrons. The quantitative estimate of drug-likeness (QED) is 0.789. The first-order valence-corrected chi connectivity index (χ1v) is 8.43. The second-order valence-corrected chi connectivity index (χ2v) is 6.79. The Morgan fingerprint density at radius 1 is 1.20 bits per heavy atom. The topological polar surface area (TPSA) is 63.6 Å². The van der Waals surface area contributed by atoms with Gasteiger partial charge in [0.25, 0.3) is 0 Å². The van der Waals surface area contributed by atoms with Gasteiger partial charge in [0.15, 0.2) is 4.34 Å². The average molecular weight is 309 g/mol. The van der Waals surface area contributed by atoms with Gasteiger partial charge < -0.3 is 5.32 Å². The van der Waals surface area contributed by atoms with Crippen LogP contribution in [0.25, 0.3) is 0 Å². The first kappa shape index (κ1) is 15.2. The number of nitrogens with zero attached hydrogens (tertiary/aromatic N) is 4. The molecule has 0 saturated carbocycles. The van der Waals surface area contributed by atoms with Crippen molar-refractivity contribution >= 4 is 28.9 Å². The molecule has 0 radical (unpaired) electrons. The molecular formula is C13H19N5S2. The number of anilines is 1. The maximum absolute atomic E-state index is 4.42. The Morgan fingerprint density at radius 3 is 2.70 bits per heavy atom. The van der Waals surface area contributed by atoms with Crippen molar-refractivity contribution in [2.45, 2.75) is 49.4 Å². The highest BCUT2D eigenvalue weighted by molar-refractivity contribution is 8.01. The molecule has 20 heavy (non-hydrogen) atoms. The zero-order valence-corrected chi connectivity index (χ0v) is 13.6. The molecule has 0 fully saturated rings. The molecule has 0 saturated heterocycles. The summed E-state index contributed by atoms with van der Waals surface area (Å²) in [5.74, 6) is 0.951. The third-order valence-electron chi connectivity index (χ3n) is 2.64. The zero-order chi connectivity index (χ0) is 14.4. The summed E-state index contributed by atoms with van der Waals surface area (Å²) in [6.45, 7) is 7.20. The lowest BCUT2D eigenvalue weighted by atomic mass is 10.2. The molecule has 0 bridgehead atoms. The average Bonchev–Trinajstić information content (AvgIpc) is 2.85. The van der Waals surface area contributed by atoms with Gasteiger partial charge in [0, 0.05) is 12.1 Å². The Labute approximate surface area is 127 Å². The summed E-state index contributed by atoms with van der Waals surface area (Å²) in [5.41, 5.74) is 1.18. The second-order valence-electron chi connectivity index (χ2n) is 4.37. The maximum Gasteiger partial charge on any atom is 0.180 e. The van der Waals surface area contributed by atoms with Gasteiger partial charge in [-0.25, -0.2) is 9.97 Å². The summed E-state index contributed by atoms with van der Waals surface area (Å²) < 4.78 is 0.931. The Balaban J connectivity index is 2.25. The van der Waals surface area contributed by atoms with Crippen LogP contribution in [0.5, 0.6) is 0 Å². The summed E-state index contributed by atoms with van der Waals surface area (Å²) >= 11 is 3.17. The monoisotopic (exact) mass is 309 g/mol. The van der Waals surface area contributed by atoms with E-state index in [2.05, 4.69) is 39.3 Å². The molecule has 0 aliphatic heterocycles. The summed E-state index contributed by atoms with van der Waals surface area (Å²) in [4.78, 5) is 8.80. The van der Waals surface area contributed by atoms with E-state index >= 15 is 0 Å². The standard InChI is InChI=1S/C13H19N5S2/c1-4-6-10-11(14-7-5-2)15-8-16-12(10)20-13-18-17-9(3)19-13/h8H,4-7H2,1-3H3,(H,14,15,16). The zero-order valence-electron chi connectivity index (χ0n) is 12.0. The van der Waals surface area contributed by atoms with Crippen molar-refractivity contribution in [2.75, 3.05) is 11.9 Å². The number of aryl methyl sites for hydroxylation is 1. The van der Waals surface area contributed by atoms with Crippen LogP contribution in [-0.4, -0.2) is 26.7 Å². The van der Waals surface area contributed by atoms with E-state index in [0.29, 0.717) is 0 Å². The molecule has 7 heteroatoms.